The fraction of sp³-hybridized carbons (Fsp3) is 0.417. The summed E-state index contributed by atoms with van der Waals surface area (Å²) in [5.74, 6) is 0.813. The zero-order valence-electron chi connectivity index (χ0n) is 18.9. The van der Waals surface area contributed by atoms with E-state index < -0.39 is 18.7 Å². The fourth-order valence-electron chi connectivity index (χ4n) is 4.11. The number of nitrogens with zero attached hydrogens (tertiary/aromatic N) is 3. The maximum Gasteiger partial charge on any atom is 0.345 e. The number of benzene rings is 1. The molecule has 0 spiro atoms. The van der Waals surface area contributed by atoms with Crippen LogP contribution in [0.2, 0.25) is 0 Å². The molecule has 4 rings (SSSR count). The van der Waals surface area contributed by atoms with E-state index in [4.69, 9.17) is 10.00 Å². The maximum atomic E-state index is 12.6. The third-order valence-corrected chi connectivity index (χ3v) is 5.95. The van der Waals surface area contributed by atoms with Crippen LogP contribution in [0.3, 0.4) is 0 Å². The van der Waals surface area contributed by atoms with E-state index in [1.165, 1.54) is 0 Å². The number of hydrogen-bond acceptors (Lipinski definition) is 6. The molecule has 0 bridgehead atoms. The minimum Gasteiger partial charge on any atom is -0.473 e. The molecular formula is C24H26F2N6O3. The smallest absolute Gasteiger partial charge is 0.345 e. The van der Waals surface area contributed by atoms with Crippen molar-refractivity contribution in [1.82, 2.24) is 20.5 Å². The first-order chi connectivity index (χ1) is 17.0. The number of anilines is 1. The Labute approximate surface area is 200 Å². The summed E-state index contributed by atoms with van der Waals surface area (Å²) >= 11 is 0. The lowest BCUT2D eigenvalue weighted by Gasteiger charge is -2.24. The van der Waals surface area contributed by atoms with Crippen molar-refractivity contribution < 1.29 is 23.0 Å². The van der Waals surface area contributed by atoms with Crippen LogP contribution in [0.5, 0.6) is 5.88 Å². The molecule has 1 aliphatic rings. The van der Waals surface area contributed by atoms with Gasteiger partial charge in [0.15, 0.2) is 0 Å². The number of carbonyl (C=O) groups excluding carboxylic acids is 1. The highest BCUT2D eigenvalue weighted by molar-refractivity contribution is 5.92. The molecule has 11 heteroatoms. The number of amides is 2. The number of ether oxygens (including phenoxy) is 2. The number of aromatic nitrogens is 3. The standard InChI is InChI=1S/C24H26F2N6O3/c25-23(26)34-11-10-19(16-4-2-1-3-5-16)29-24(33)30-21-12-20-18(14-28-21)22(32-31-20)35-17-8-6-15(13-27)7-9-17/h1-5,12,14-15,17,19,23H,6-11H2,(H,31,32)(H2,28,29,30,33)/t15?,17?,19-/m1/s1. The van der Waals surface area contributed by atoms with Crippen molar-refractivity contribution in [3.63, 3.8) is 0 Å². The summed E-state index contributed by atoms with van der Waals surface area (Å²) in [6, 6.07) is 11.9. The van der Waals surface area contributed by atoms with Crippen LogP contribution in [0.4, 0.5) is 19.4 Å². The number of pyridine rings is 1. The van der Waals surface area contributed by atoms with Crippen LogP contribution in [0.1, 0.15) is 43.7 Å². The lowest BCUT2D eigenvalue weighted by molar-refractivity contribution is -0.130. The summed E-state index contributed by atoms with van der Waals surface area (Å²) < 4.78 is 35.1. The molecule has 1 fully saturated rings. The summed E-state index contributed by atoms with van der Waals surface area (Å²) in [6.45, 7) is -3.08. The molecule has 9 nitrogen and oxygen atoms in total. The molecule has 1 saturated carbocycles. The topological polar surface area (TPSA) is 125 Å². The van der Waals surface area contributed by atoms with Gasteiger partial charge >= 0.3 is 12.6 Å². The van der Waals surface area contributed by atoms with Gasteiger partial charge in [-0.3, -0.25) is 10.4 Å². The number of H-pyrrole nitrogens is 1. The van der Waals surface area contributed by atoms with E-state index in [-0.39, 0.29) is 30.9 Å². The Hall–Kier alpha value is -3.78. The second-order valence-corrected chi connectivity index (χ2v) is 8.35. The highest BCUT2D eigenvalue weighted by atomic mass is 19.3. The summed E-state index contributed by atoms with van der Waals surface area (Å²) in [6.07, 6.45) is 4.95. The number of rotatable bonds is 9. The average Bonchev–Trinajstić information content (AvgIpc) is 3.26. The van der Waals surface area contributed by atoms with Crippen molar-refractivity contribution in [1.29, 1.82) is 5.26 Å². The third kappa shape index (κ3) is 6.64. The second kappa shape index (κ2) is 11.6. The highest BCUT2D eigenvalue weighted by Gasteiger charge is 2.24. The quantitative estimate of drug-likeness (QED) is 0.396. The van der Waals surface area contributed by atoms with Crippen molar-refractivity contribution in [3.05, 3.63) is 48.2 Å². The Morgan fingerprint density at radius 2 is 2.00 bits per heavy atom. The van der Waals surface area contributed by atoms with Gasteiger partial charge in [-0.15, -0.1) is 5.10 Å². The first-order valence-electron chi connectivity index (χ1n) is 11.4. The fourth-order valence-corrected chi connectivity index (χ4v) is 4.11. The third-order valence-electron chi connectivity index (χ3n) is 5.95. The van der Waals surface area contributed by atoms with E-state index in [0.717, 1.165) is 31.2 Å². The number of urea groups is 1. The van der Waals surface area contributed by atoms with Crippen LogP contribution in [-0.2, 0) is 4.74 Å². The van der Waals surface area contributed by atoms with E-state index in [1.54, 1.807) is 36.5 Å². The van der Waals surface area contributed by atoms with Gasteiger partial charge in [0.05, 0.1) is 29.6 Å². The molecule has 0 aliphatic heterocycles. The first kappa shape index (κ1) is 24.3. The van der Waals surface area contributed by atoms with Crippen LogP contribution in [-0.4, -0.2) is 40.5 Å². The lowest BCUT2D eigenvalue weighted by atomic mass is 9.88. The van der Waals surface area contributed by atoms with Crippen molar-refractivity contribution >= 4 is 22.8 Å². The van der Waals surface area contributed by atoms with E-state index in [9.17, 15) is 13.6 Å². The molecule has 2 heterocycles. The van der Waals surface area contributed by atoms with Crippen molar-refractivity contribution in [2.75, 3.05) is 11.9 Å². The SMILES string of the molecule is N#CC1CCC(Oc2n[nH]c3cc(NC(=O)N[C@H](CCOC(F)F)c4ccccc4)ncc23)CC1. The van der Waals surface area contributed by atoms with Gasteiger partial charge < -0.3 is 14.8 Å². The summed E-state index contributed by atoms with van der Waals surface area (Å²) in [7, 11) is 0. The molecular weight excluding hydrogens is 458 g/mol. The van der Waals surface area contributed by atoms with Crippen molar-refractivity contribution in [2.45, 2.75) is 50.9 Å². The number of halogens is 2. The molecule has 3 N–H and O–H groups in total. The van der Waals surface area contributed by atoms with Gasteiger partial charge in [0.25, 0.3) is 0 Å². The number of fused-ring (bicyclic) bond motifs is 1. The lowest BCUT2D eigenvalue weighted by Crippen LogP contribution is -2.33. The van der Waals surface area contributed by atoms with Gasteiger partial charge in [0.1, 0.15) is 11.9 Å². The van der Waals surface area contributed by atoms with Gasteiger partial charge in [-0.1, -0.05) is 30.3 Å². The average molecular weight is 485 g/mol. The van der Waals surface area contributed by atoms with Gasteiger partial charge in [-0.2, -0.15) is 14.0 Å². The minimum atomic E-state index is -2.87. The Morgan fingerprint density at radius 1 is 1.23 bits per heavy atom. The zero-order valence-corrected chi connectivity index (χ0v) is 18.9. The van der Waals surface area contributed by atoms with Gasteiger partial charge in [-0.05, 0) is 37.7 Å². The molecule has 1 atom stereocenters. The molecule has 35 heavy (non-hydrogen) atoms. The Balaban J connectivity index is 1.37. The molecule has 3 aromatic rings. The molecule has 0 radical (unpaired) electrons. The van der Waals surface area contributed by atoms with E-state index >= 15 is 0 Å². The molecule has 0 saturated heterocycles. The molecule has 2 aromatic heterocycles. The van der Waals surface area contributed by atoms with Crippen molar-refractivity contribution in [3.8, 4) is 11.9 Å². The predicted molar refractivity (Wildman–Crippen MR) is 124 cm³/mol. The van der Waals surface area contributed by atoms with Gasteiger partial charge in [0, 0.05) is 18.2 Å². The van der Waals surface area contributed by atoms with Crippen LogP contribution in [0, 0.1) is 17.2 Å². The Kier molecular flexibility index (Phi) is 8.05. The monoisotopic (exact) mass is 484 g/mol. The molecule has 1 aliphatic carbocycles. The number of nitrogens with one attached hydrogen (secondary N) is 3. The number of alkyl halides is 2. The summed E-state index contributed by atoms with van der Waals surface area (Å²) in [5.41, 5.74) is 1.41. The van der Waals surface area contributed by atoms with Crippen molar-refractivity contribution in [2.24, 2.45) is 5.92 Å². The van der Waals surface area contributed by atoms with E-state index in [1.807, 2.05) is 6.07 Å². The predicted octanol–water partition coefficient (Wildman–Crippen LogP) is 4.91. The summed E-state index contributed by atoms with van der Waals surface area (Å²) in [5, 5.41) is 22.3. The molecule has 0 unspecified atom stereocenters. The van der Waals surface area contributed by atoms with E-state index in [0.29, 0.717) is 16.8 Å². The molecule has 1 aromatic carbocycles. The number of hydrogen-bond donors (Lipinski definition) is 3. The van der Waals surface area contributed by atoms with Crippen LogP contribution < -0.4 is 15.4 Å². The molecule has 184 valence electrons. The largest absolute Gasteiger partial charge is 0.473 e. The summed E-state index contributed by atoms with van der Waals surface area (Å²) in [4.78, 5) is 16.9. The molecule has 2 amide bonds. The van der Waals surface area contributed by atoms with Crippen LogP contribution in [0.25, 0.3) is 10.9 Å². The zero-order chi connectivity index (χ0) is 24.6. The van der Waals surface area contributed by atoms with Gasteiger partial charge in [-0.25, -0.2) is 9.78 Å². The Bertz CT molecular complexity index is 1160. The normalized spacial score (nSPS) is 18.7. The maximum absolute atomic E-state index is 12.6. The number of nitriles is 1. The van der Waals surface area contributed by atoms with Crippen LogP contribution in [0.15, 0.2) is 42.6 Å². The number of aromatic amines is 1. The highest BCUT2D eigenvalue weighted by Crippen LogP contribution is 2.30. The first-order valence-corrected chi connectivity index (χ1v) is 11.4. The Morgan fingerprint density at radius 3 is 2.71 bits per heavy atom. The van der Waals surface area contributed by atoms with Gasteiger partial charge in [0.2, 0.25) is 5.88 Å². The second-order valence-electron chi connectivity index (χ2n) is 8.35. The van der Waals surface area contributed by atoms with E-state index in [2.05, 4.69) is 36.6 Å². The van der Waals surface area contributed by atoms with Crippen LogP contribution >= 0.6 is 0 Å². The number of carbonyl (C=O) groups is 1. The minimum absolute atomic E-state index is 0.00125.